The first kappa shape index (κ1) is 19.7. The van der Waals surface area contributed by atoms with Crippen molar-refractivity contribution in [3.63, 3.8) is 0 Å². The highest BCUT2D eigenvalue weighted by molar-refractivity contribution is 6.39. The SMILES string of the molecule is O=C(Nc1c(Cl)cncc1Cl)c1ccc(OC(F)F)c2c1NC(=O)[C@H](C1CC1)O2. The maximum atomic E-state index is 12.8. The summed E-state index contributed by atoms with van der Waals surface area (Å²) in [6.45, 7) is -3.10. The summed E-state index contributed by atoms with van der Waals surface area (Å²) in [6.07, 6.45) is 3.34. The van der Waals surface area contributed by atoms with E-state index >= 15 is 0 Å². The Balaban J connectivity index is 1.72. The number of hydrogen-bond acceptors (Lipinski definition) is 5. The molecule has 1 fully saturated rings. The number of anilines is 2. The lowest BCUT2D eigenvalue weighted by Crippen LogP contribution is -2.39. The van der Waals surface area contributed by atoms with Crippen LogP contribution in [0.5, 0.6) is 11.5 Å². The minimum absolute atomic E-state index is 0.00513. The van der Waals surface area contributed by atoms with Crippen molar-refractivity contribution in [2.75, 3.05) is 10.6 Å². The number of rotatable bonds is 5. The van der Waals surface area contributed by atoms with E-state index in [1.165, 1.54) is 24.5 Å². The van der Waals surface area contributed by atoms with E-state index in [1.807, 2.05) is 0 Å². The van der Waals surface area contributed by atoms with Crippen LogP contribution in [-0.2, 0) is 4.79 Å². The lowest BCUT2D eigenvalue weighted by atomic mass is 10.1. The number of carbonyl (C=O) groups is 2. The van der Waals surface area contributed by atoms with Crippen molar-refractivity contribution in [1.82, 2.24) is 4.98 Å². The van der Waals surface area contributed by atoms with Gasteiger partial charge in [0.05, 0.1) is 21.3 Å². The fraction of sp³-hybridized carbons (Fsp3) is 0.278. The van der Waals surface area contributed by atoms with Crippen LogP contribution in [0.25, 0.3) is 0 Å². The van der Waals surface area contributed by atoms with Crippen LogP contribution in [0.2, 0.25) is 10.0 Å². The number of amides is 2. The quantitative estimate of drug-likeness (QED) is 0.716. The highest BCUT2D eigenvalue weighted by atomic mass is 35.5. The Morgan fingerprint density at radius 1 is 1.28 bits per heavy atom. The summed E-state index contributed by atoms with van der Waals surface area (Å²) in [7, 11) is 0. The van der Waals surface area contributed by atoms with Gasteiger partial charge in [0.25, 0.3) is 11.8 Å². The summed E-state index contributed by atoms with van der Waals surface area (Å²) in [6, 6.07) is 2.41. The molecule has 2 aromatic rings. The van der Waals surface area contributed by atoms with Gasteiger partial charge in [0, 0.05) is 18.3 Å². The molecule has 0 unspecified atom stereocenters. The zero-order valence-corrected chi connectivity index (χ0v) is 16.1. The topological polar surface area (TPSA) is 89.5 Å². The standard InChI is InChI=1S/C18H13Cl2F2N3O4/c19-9-5-23-6-10(20)13(9)25-16(26)8-3-4-11(28-18(21)22)15-12(8)24-17(27)14(29-15)7-1-2-7/h3-7,14,18H,1-2H2,(H,24,27)(H,23,25,26)/t14-/m0/s1. The van der Waals surface area contributed by atoms with Crippen LogP contribution in [0.4, 0.5) is 20.2 Å². The van der Waals surface area contributed by atoms with E-state index in [-0.39, 0.29) is 44.4 Å². The van der Waals surface area contributed by atoms with Gasteiger partial charge in [-0.3, -0.25) is 14.6 Å². The maximum Gasteiger partial charge on any atom is 0.387 e. The number of fused-ring (bicyclic) bond motifs is 1. The lowest BCUT2D eigenvalue weighted by Gasteiger charge is -2.28. The smallest absolute Gasteiger partial charge is 0.387 e. The lowest BCUT2D eigenvalue weighted by molar-refractivity contribution is -0.124. The summed E-state index contributed by atoms with van der Waals surface area (Å²) < 4.78 is 35.8. The second-order valence-corrected chi connectivity index (χ2v) is 7.31. The first-order valence-corrected chi connectivity index (χ1v) is 9.30. The van der Waals surface area contributed by atoms with Gasteiger partial charge >= 0.3 is 6.61 Å². The molecule has 1 aliphatic heterocycles. The molecule has 2 heterocycles. The Kier molecular flexibility index (Phi) is 5.18. The van der Waals surface area contributed by atoms with Gasteiger partial charge in [-0.2, -0.15) is 8.78 Å². The number of nitrogens with one attached hydrogen (secondary N) is 2. The monoisotopic (exact) mass is 443 g/mol. The summed E-state index contributed by atoms with van der Waals surface area (Å²) in [5.74, 6) is -1.55. The van der Waals surface area contributed by atoms with Crippen molar-refractivity contribution in [3.8, 4) is 11.5 Å². The molecule has 7 nitrogen and oxygen atoms in total. The largest absolute Gasteiger partial charge is 0.474 e. The molecule has 2 N–H and O–H groups in total. The molecule has 4 rings (SSSR count). The van der Waals surface area contributed by atoms with Gasteiger partial charge in [0.15, 0.2) is 17.6 Å². The fourth-order valence-corrected chi connectivity index (χ4v) is 3.44. The van der Waals surface area contributed by atoms with Crippen LogP contribution in [0, 0.1) is 5.92 Å². The van der Waals surface area contributed by atoms with E-state index in [1.54, 1.807) is 0 Å². The van der Waals surface area contributed by atoms with Crippen LogP contribution < -0.4 is 20.1 Å². The second-order valence-electron chi connectivity index (χ2n) is 6.49. The predicted molar refractivity (Wildman–Crippen MR) is 101 cm³/mol. The van der Waals surface area contributed by atoms with Crippen molar-refractivity contribution in [2.45, 2.75) is 25.6 Å². The first-order valence-electron chi connectivity index (χ1n) is 8.55. The Morgan fingerprint density at radius 2 is 1.97 bits per heavy atom. The van der Waals surface area contributed by atoms with E-state index in [4.69, 9.17) is 27.9 Å². The van der Waals surface area contributed by atoms with Crippen LogP contribution >= 0.6 is 23.2 Å². The zero-order valence-electron chi connectivity index (χ0n) is 14.5. The Hall–Kier alpha value is -2.65. The van der Waals surface area contributed by atoms with Crippen LogP contribution in [0.3, 0.4) is 0 Å². The minimum Gasteiger partial charge on any atom is -0.474 e. The molecular formula is C18H13Cl2F2N3O4. The molecular weight excluding hydrogens is 431 g/mol. The van der Waals surface area contributed by atoms with Crippen LogP contribution in [-0.4, -0.2) is 29.5 Å². The molecule has 2 aliphatic rings. The molecule has 11 heteroatoms. The van der Waals surface area contributed by atoms with Crippen LogP contribution in [0.15, 0.2) is 24.5 Å². The highest BCUT2D eigenvalue weighted by Crippen LogP contribution is 2.46. The average Bonchev–Trinajstić information content (AvgIpc) is 3.49. The first-order chi connectivity index (χ1) is 13.8. The Bertz CT molecular complexity index is 981. The van der Waals surface area contributed by atoms with Gasteiger partial charge in [0.2, 0.25) is 0 Å². The molecule has 0 spiro atoms. The van der Waals surface area contributed by atoms with Crippen molar-refractivity contribution in [1.29, 1.82) is 0 Å². The number of ether oxygens (including phenoxy) is 2. The van der Waals surface area contributed by atoms with E-state index < -0.39 is 24.5 Å². The minimum atomic E-state index is -3.10. The van der Waals surface area contributed by atoms with Crippen molar-refractivity contribution < 1.29 is 27.8 Å². The predicted octanol–water partition coefficient (Wildman–Crippen LogP) is 4.35. The number of pyridine rings is 1. The third-order valence-electron chi connectivity index (χ3n) is 4.48. The number of benzene rings is 1. The second kappa shape index (κ2) is 7.64. The Labute approximate surface area is 173 Å². The molecule has 1 aromatic carbocycles. The molecule has 2 amide bonds. The van der Waals surface area contributed by atoms with Gasteiger partial charge < -0.3 is 20.1 Å². The van der Waals surface area contributed by atoms with Gasteiger partial charge in [-0.1, -0.05) is 23.2 Å². The van der Waals surface area contributed by atoms with Crippen molar-refractivity contribution in [3.05, 3.63) is 40.1 Å². The third kappa shape index (κ3) is 3.92. The number of aromatic nitrogens is 1. The molecule has 0 radical (unpaired) electrons. The van der Waals surface area contributed by atoms with Crippen molar-refractivity contribution >= 4 is 46.4 Å². The Morgan fingerprint density at radius 3 is 2.59 bits per heavy atom. The molecule has 152 valence electrons. The average molecular weight is 444 g/mol. The summed E-state index contributed by atoms with van der Waals surface area (Å²) >= 11 is 12.0. The molecule has 1 atom stereocenters. The maximum absolute atomic E-state index is 12.8. The molecule has 0 bridgehead atoms. The zero-order chi connectivity index (χ0) is 20.7. The number of carbonyl (C=O) groups excluding carboxylic acids is 2. The normalized spacial score (nSPS) is 18.0. The number of alkyl halides is 2. The molecule has 0 saturated heterocycles. The van der Waals surface area contributed by atoms with Gasteiger partial charge in [-0.05, 0) is 25.0 Å². The number of nitrogens with zero attached hydrogens (tertiary/aromatic N) is 1. The number of halogens is 4. The molecule has 29 heavy (non-hydrogen) atoms. The van der Waals surface area contributed by atoms with Gasteiger partial charge in [-0.25, -0.2) is 0 Å². The van der Waals surface area contributed by atoms with Crippen LogP contribution in [0.1, 0.15) is 23.2 Å². The van der Waals surface area contributed by atoms with E-state index in [0.717, 1.165) is 12.8 Å². The third-order valence-corrected chi connectivity index (χ3v) is 5.05. The van der Waals surface area contributed by atoms with E-state index in [2.05, 4.69) is 20.4 Å². The van der Waals surface area contributed by atoms with Gasteiger partial charge in [-0.15, -0.1) is 0 Å². The molecule has 1 saturated carbocycles. The highest BCUT2D eigenvalue weighted by Gasteiger charge is 2.43. The van der Waals surface area contributed by atoms with E-state index in [0.29, 0.717) is 0 Å². The molecule has 1 aliphatic carbocycles. The summed E-state index contributed by atoms with van der Waals surface area (Å²) in [4.78, 5) is 29.0. The van der Waals surface area contributed by atoms with E-state index in [9.17, 15) is 18.4 Å². The molecule has 1 aromatic heterocycles. The number of hydrogen-bond donors (Lipinski definition) is 2. The summed E-state index contributed by atoms with van der Waals surface area (Å²) in [5.41, 5.74) is 0.0194. The summed E-state index contributed by atoms with van der Waals surface area (Å²) in [5, 5.41) is 5.32. The van der Waals surface area contributed by atoms with Gasteiger partial charge in [0.1, 0.15) is 5.69 Å². The fourth-order valence-electron chi connectivity index (χ4n) is 2.98. The van der Waals surface area contributed by atoms with Crippen molar-refractivity contribution in [2.24, 2.45) is 5.92 Å².